The Morgan fingerprint density at radius 2 is 2.28 bits per heavy atom. The number of nitrogens with one attached hydrogen (secondary N) is 1. The third-order valence-electron chi connectivity index (χ3n) is 2.52. The maximum absolute atomic E-state index is 10.8. The summed E-state index contributed by atoms with van der Waals surface area (Å²) < 4.78 is 5.86. The van der Waals surface area contributed by atoms with Crippen LogP contribution in [-0.4, -0.2) is 4.92 Å². The molecule has 2 rings (SSSR count). The molecule has 1 heterocycles. The third kappa shape index (κ3) is 2.70. The maximum atomic E-state index is 10.8. The second-order valence-electron chi connectivity index (χ2n) is 3.81. The molecular formula is C12H11BrN2O3. The smallest absolute Gasteiger partial charge is 0.273 e. The number of aryl methyl sites for hydroxylation is 1. The fourth-order valence-corrected chi connectivity index (χ4v) is 2.07. The molecule has 0 spiro atoms. The zero-order chi connectivity index (χ0) is 13.1. The number of hydrogen-bond acceptors (Lipinski definition) is 4. The van der Waals surface area contributed by atoms with Crippen molar-refractivity contribution in [3.8, 4) is 0 Å². The van der Waals surface area contributed by atoms with E-state index in [-0.39, 0.29) is 5.69 Å². The first-order chi connectivity index (χ1) is 8.58. The molecule has 0 radical (unpaired) electrons. The Morgan fingerprint density at radius 1 is 1.50 bits per heavy atom. The van der Waals surface area contributed by atoms with Gasteiger partial charge in [0.15, 0.2) is 0 Å². The Hall–Kier alpha value is -1.82. The van der Waals surface area contributed by atoms with Crippen molar-refractivity contribution in [2.45, 2.75) is 13.5 Å². The zero-order valence-electron chi connectivity index (χ0n) is 9.64. The summed E-state index contributed by atoms with van der Waals surface area (Å²) in [5.74, 6) is 0.804. The number of benzene rings is 1. The fourth-order valence-electron chi connectivity index (χ4n) is 1.60. The average Bonchev–Trinajstić information content (AvgIpc) is 2.82. The molecule has 0 aliphatic heterocycles. The summed E-state index contributed by atoms with van der Waals surface area (Å²) in [6.45, 7) is 2.24. The van der Waals surface area contributed by atoms with Crippen molar-refractivity contribution in [1.29, 1.82) is 0 Å². The van der Waals surface area contributed by atoms with Gasteiger partial charge in [0.1, 0.15) is 5.76 Å². The van der Waals surface area contributed by atoms with Crippen molar-refractivity contribution in [3.63, 3.8) is 0 Å². The highest BCUT2D eigenvalue weighted by Gasteiger charge is 2.14. The van der Waals surface area contributed by atoms with Crippen LogP contribution in [0.5, 0.6) is 0 Å². The van der Waals surface area contributed by atoms with Crippen LogP contribution in [0.3, 0.4) is 0 Å². The Morgan fingerprint density at radius 3 is 2.89 bits per heavy atom. The molecule has 0 aliphatic rings. The summed E-state index contributed by atoms with van der Waals surface area (Å²) in [5, 5.41) is 13.9. The van der Waals surface area contributed by atoms with Crippen molar-refractivity contribution >= 4 is 27.3 Å². The number of nitro benzene ring substituents is 1. The summed E-state index contributed by atoms with van der Waals surface area (Å²) in [6.07, 6.45) is 1.60. The van der Waals surface area contributed by atoms with Crippen LogP contribution in [0, 0.1) is 17.0 Å². The van der Waals surface area contributed by atoms with Gasteiger partial charge in [-0.1, -0.05) is 0 Å². The van der Waals surface area contributed by atoms with Gasteiger partial charge in [0, 0.05) is 21.8 Å². The second kappa shape index (κ2) is 5.22. The number of rotatable bonds is 4. The molecule has 0 bridgehead atoms. The van der Waals surface area contributed by atoms with E-state index in [9.17, 15) is 10.1 Å². The van der Waals surface area contributed by atoms with Crippen LogP contribution in [-0.2, 0) is 6.54 Å². The molecule has 6 heteroatoms. The Bertz CT molecular complexity index is 567. The van der Waals surface area contributed by atoms with Gasteiger partial charge < -0.3 is 9.73 Å². The standard InChI is InChI=1S/C12H11BrN2O3/c1-8-5-11(10(13)6-12(8)15(16)17)14-7-9-3-2-4-18-9/h2-6,14H,7H2,1H3. The first kappa shape index (κ1) is 12.6. The largest absolute Gasteiger partial charge is 0.467 e. The van der Waals surface area contributed by atoms with E-state index in [0.717, 1.165) is 11.4 Å². The second-order valence-corrected chi connectivity index (χ2v) is 4.66. The van der Waals surface area contributed by atoms with E-state index in [1.807, 2.05) is 12.1 Å². The first-order valence-corrected chi connectivity index (χ1v) is 6.08. The topological polar surface area (TPSA) is 68.3 Å². The monoisotopic (exact) mass is 310 g/mol. The van der Waals surface area contributed by atoms with Crippen LogP contribution in [0.25, 0.3) is 0 Å². The highest BCUT2D eigenvalue weighted by atomic mass is 79.9. The van der Waals surface area contributed by atoms with Gasteiger partial charge in [-0.15, -0.1) is 0 Å². The summed E-state index contributed by atoms with van der Waals surface area (Å²) in [5.41, 5.74) is 1.52. The lowest BCUT2D eigenvalue weighted by molar-refractivity contribution is -0.385. The molecule has 94 valence electrons. The Balaban J connectivity index is 2.19. The number of furan rings is 1. The predicted octanol–water partition coefficient (Wildman–Crippen LogP) is 3.87. The number of anilines is 1. The quantitative estimate of drug-likeness (QED) is 0.687. The molecule has 1 aromatic carbocycles. The number of halogens is 1. The molecule has 0 fully saturated rings. The van der Waals surface area contributed by atoms with Crippen molar-refractivity contribution in [2.75, 3.05) is 5.32 Å². The fraction of sp³-hybridized carbons (Fsp3) is 0.167. The Kier molecular flexibility index (Phi) is 3.66. The van der Waals surface area contributed by atoms with Crippen LogP contribution in [0.15, 0.2) is 39.4 Å². The Labute approximate surface area is 112 Å². The molecule has 0 atom stereocenters. The molecular weight excluding hydrogens is 300 g/mol. The lowest BCUT2D eigenvalue weighted by atomic mass is 10.2. The van der Waals surface area contributed by atoms with E-state index >= 15 is 0 Å². The molecule has 0 saturated carbocycles. The van der Waals surface area contributed by atoms with Gasteiger partial charge >= 0.3 is 0 Å². The van der Waals surface area contributed by atoms with Gasteiger partial charge in [-0.05, 0) is 41.1 Å². The number of nitrogens with zero attached hydrogens (tertiary/aromatic N) is 1. The van der Waals surface area contributed by atoms with Crippen molar-refractivity contribution in [3.05, 3.63) is 56.4 Å². The van der Waals surface area contributed by atoms with E-state index < -0.39 is 4.92 Å². The highest BCUT2D eigenvalue weighted by Crippen LogP contribution is 2.30. The lowest BCUT2D eigenvalue weighted by Gasteiger charge is -2.08. The summed E-state index contributed by atoms with van der Waals surface area (Å²) in [6, 6.07) is 6.91. The van der Waals surface area contributed by atoms with Gasteiger partial charge in [0.05, 0.1) is 17.7 Å². The van der Waals surface area contributed by atoms with Gasteiger partial charge in [-0.25, -0.2) is 0 Å². The summed E-state index contributed by atoms with van der Waals surface area (Å²) >= 11 is 3.32. The van der Waals surface area contributed by atoms with Crippen molar-refractivity contribution in [1.82, 2.24) is 0 Å². The van der Waals surface area contributed by atoms with Gasteiger partial charge in [-0.2, -0.15) is 0 Å². The van der Waals surface area contributed by atoms with Crippen molar-refractivity contribution in [2.24, 2.45) is 0 Å². The van der Waals surface area contributed by atoms with Crippen LogP contribution in [0.4, 0.5) is 11.4 Å². The third-order valence-corrected chi connectivity index (χ3v) is 3.17. The average molecular weight is 311 g/mol. The SMILES string of the molecule is Cc1cc(NCc2ccco2)c(Br)cc1[N+](=O)[O-]. The lowest BCUT2D eigenvalue weighted by Crippen LogP contribution is -2.01. The molecule has 2 aromatic rings. The molecule has 1 N–H and O–H groups in total. The van der Waals surface area contributed by atoms with Gasteiger partial charge in [0.25, 0.3) is 5.69 Å². The molecule has 0 unspecified atom stereocenters. The maximum Gasteiger partial charge on any atom is 0.273 e. The predicted molar refractivity (Wildman–Crippen MR) is 71.6 cm³/mol. The molecule has 0 aliphatic carbocycles. The van der Waals surface area contributed by atoms with Crippen LogP contribution in [0.1, 0.15) is 11.3 Å². The van der Waals surface area contributed by atoms with Gasteiger partial charge in [0.2, 0.25) is 0 Å². The number of hydrogen-bond donors (Lipinski definition) is 1. The molecule has 18 heavy (non-hydrogen) atoms. The molecule has 5 nitrogen and oxygen atoms in total. The van der Waals surface area contributed by atoms with E-state index in [4.69, 9.17) is 4.42 Å². The van der Waals surface area contributed by atoms with Gasteiger partial charge in [-0.3, -0.25) is 10.1 Å². The minimum absolute atomic E-state index is 0.102. The summed E-state index contributed by atoms with van der Waals surface area (Å²) in [4.78, 5) is 10.4. The molecule has 1 aromatic heterocycles. The van der Waals surface area contributed by atoms with E-state index in [2.05, 4.69) is 21.2 Å². The van der Waals surface area contributed by atoms with E-state index in [0.29, 0.717) is 16.6 Å². The van der Waals surface area contributed by atoms with E-state index in [1.54, 1.807) is 19.3 Å². The normalized spacial score (nSPS) is 10.3. The minimum atomic E-state index is -0.392. The number of nitro groups is 1. The summed E-state index contributed by atoms with van der Waals surface area (Å²) in [7, 11) is 0. The van der Waals surface area contributed by atoms with Crippen LogP contribution in [0.2, 0.25) is 0 Å². The van der Waals surface area contributed by atoms with Crippen LogP contribution >= 0.6 is 15.9 Å². The first-order valence-electron chi connectivity index (χ1n) is 5.28. The van der Waals surface area contributed by atoms with Crippen LogP contribution < -0.4 is 5.32 Å². The zero-order valence-corrected chi connectivity index (χ0v) is 11.2. The van der Waals surface area contributed by atoms with E-state index in [1.165, 1.54) is 6.07 Å². The van der Waals surface area contributed by atoms with Crippen molar-refractivity contribution < 1.29 is 9.34 Å². The molecule has 0 amide bonds. The molecule has 0 saturated heterocycles. The minimum Gasteiger partial charge on any atom is -0.467 e. The highest BCUT2D eigenvalue weighted by molar-refractivity contribution is 9.10.